The molecule has 3 aromatic rings. The van der Waals surface area contributed by atoms with E-state index >= 15 is 0 Å². The third-order valence-electron chi connectivity index (χ3n) is 4.44. The molecule has 4 rings (SSSR count). The van der Waals surface area contributed by atoms with E-state index in [1.165, 1.54) is 24.7 Å². The minimum atomic E-state index is -0.326. The van der Waals surface area contributed by atoms with E-state index in [0.29, 0.717) is 29.3 Å². The van der Waals surface area contributed by atoms with Crippen LogP contribution >= 0.6 is 0 Å². The summed E-state index contributed by atoms with van der Waals surface area (Å²) in [6.45, 7) is 1.37. The van der Waals surface area contributed by atoms with Gasteiger partial charge in [0.05, 0.1) is 11.9 Å². The molecule has 0 bridgehead atoms. The van der Waals surface area contributed by atoms with Crippen LogP contribution in [0.1, 0.15) is 16.9 Å². The van der Waals surface area contributed by atoms with Gasteiger partial charge in [-0.25, -0.2) is 9.37 Å². The van der Waals surface area contributed by atoms with Gasteiger partial charge in [-0.2, -0.15) is 0 Å². The lowest BCUT2D eigenvalue weighted by Crippen LogP contribution is -2.37. The summed E-state index contributed by atoms with van der Waals surface area (Å²) in [5.74, 6) is 0.134. The lowest BCUT2D eigenvalue weighted by molar-refractivity contribution is 0.0935. The Hall–Kier alpha value is -3.42. The standard InChI is InChI=1S/C19H17FN6O/c20-15-4-2-1-3-14(15)16-5-6-18(25-24-16)26-10-7-13(12-26)23-19(27)17-11-21-8-9-22-17/h1-6,8-9,11,13H,7,10,12H2,(H,23,27)/t13-/m1/s1. The summed E-state index contributed by atoms with van der Waals surface area (Å²) < 4.78 is 13.9. The Labute approximate surface area is 155 Å². The zero-order valence-electron chi connectivity index (χ0n) is 14.4. The lowest BCUT2D eigenvalue weighted by atomic mass is 10.1. The Morgan fingerprint density at radius 1 is 1.15 bits per heavy atom. The van der Waals surface area contributed by atoms with Gasteiger partial charge in [-0.05, 0) is 30.7 Å². The quantitative estimate of drug-likeness (QED) is 0.763. The fourth-order valence-electron chi connectivity index (χ4n) is 3.07. The molecule has 1 N–H and O–H groups in total. The molecule has 3 heterocycles. The van der Waals surface area contributed by atoms with Gasteiger partial charge in [-0.15, -0.1) is 10.2 Å². The summed E-state index contributed by atoms with van der Waals surface area (Å²) >= 11 is 0. The van der Waals surface area contributed by atoms with Gasteiger partial charge in [-0.3, -0.25) is 9.78 Å². The summed E-state index contributed by atoms with van der Waals surface area (Å²) in [6.07, 6.45) is 5.25. The number of amides is 1. The summed E-state index contributed by atoms with van der Waals surface area (Å²) in [4.78, 5) is 22.1. The van der Waals surface area contributed by atoms with Crippen LogP contribution in [0.25, 0.3) is 11.3 Å². The highest BCUT2D eigenvalue weighted by atomic mass is 19.1. The van der Waals surface area contributed by atoms with Crippen LogP contribution in [0.5, 0.6) is 0 Å². The van der Waals surface area contributed by atoms with Crippen LogP contribution in [0.3, 0.4) is 0 Å². The Balaban J connectivity index is 1.40. The molecule has 0 radical (unpaired) electrons. The maximum Gasteiger partial charge on any atom is 0.271 e. The van der Waals surface area contributed by atoms with E-state index in [4.69, 9.17) is 0 Å². The zero-order valence-corrected chi connectivity index (χ0v) is 14.4. The first kappa shape index (κ1) is 17.0. The minimum Gasteiger partial charge on any atom is -0.353 e. The number of halogens is 1. The largest absolute Gasteiger partial charge is 0.353 e. The second-order valence-corrected chi connectivity index (χ2v) is 6.25. The lowest BCUT2D eigenvalue weighted by Gasteiger charge is -2.17. The van der Waals surface area contributed by atoms with Gasteiger partial charge < -0.3 is 10.2 Å². The van der Waals surface area contributed by atoms with Crippen LogP contribution in [-0.2, 0) is 0 Å². The molecule has 0 aliphatic carbocycles. The molecule has 2 aromatic heterocycles. The van der Waals surface area contributed by atoms with E-state index in [1.54, 1.807) is 24.3 Å². The highest BCUT2D eigenvalue weighted by molar-refractivity contribution is 5.92. The molecule has 1 atom stereocenters. The van der Waals surface area contributed by atoms with Crippen molar-refractivity contribution in [3.63, 3.8) is 0 Å². The van der Waals surface area contributed by atoms with Crippen molar-refractivity contribution in [2.45, 2.75) is 12.5 Å². The van der Waals surface area contributed by atoms with E-state index in [2.05, 4.69) is 25.5 Å². The van der Waals surface area contributed by atoms with Crippen molar-refractivity contribution in [2.24, 2.45) is 0 Å². The van der Waals surface area contributed by atoms with E-state index in [0.717, 1.165) is 13.0 Å². The van der Waals surface area contributed by atoms with Crippen LogP contribution in [0, 0.1) is 5.82 Å². The number of rotatable bonds is 4. The molecule has 0 unspecified atom stereocenters. The fourth-order valence-corrected chi connectivity index (χ4v) is 3.07. The second-order valence-electron chi connectivity index (χ2n) is 6.25. The van der Waals surface area contributed by atoms with Crippen molar-refractivity contribution in [3.8, 4) is 11.3 Å². The summed E-state index contributed by atoms with van der Waals surface area (Å²) in [7, 11) is 0. The van der Waals surface area contributed by atoms with Gasteiger partial charge in [0.15, 0.2) is 5.82 Å². The Bertz CT molecular complexity index is 934. The number of carbonyl (C=O) groups is 1. The molecule has 1 fully saturated rings. The molecule has 136 valence electrons. The van der Waals surface area contributed by atoms with Crippen LogP contribution in [0.15, 0.2) is 55.0 Å². The van der Waals surface area contributed by atoms with E-state index in [1.807, 2.05) is 11.0 Å². The minimum absolute atomic E-state index is 0.00690. The van der Waals surface area contributed by atoms with Crippen molar-refractivity contribution in [1.29, 1.82) is 0 Å². The molecule has 7 nitrogen and oxygen atoms in total. The third kappa shape index (κ3) is 3.74. The normalized spacial score (nSPS) is 16.3. The molecule has 8 heteroatoms. The third-order valence-corrected chi connectivity index (χ3v) is 4.44. The highest BCUT2D eigenvalue weighted by Crippen LogP contribution is 2.23. The molecule has 27 heavy (non-hydrogen) atoms. The van der Waals surface area contributed by atoms with Gasteiger partial charge in [0.25, 0.3) is 5.91 Å². The number of nitrogens with zero attached hydrogens (tertiary/aromatic N) is 5. The first-order valence-electron chi connectivity index (χ1n) is 8.61. The molecular weight excluding hydrogens is 347 g/mol. The fraction of sp³-hybridized carbons (Fsp3) is 0.211. The van der Waals surface area contributed by atoms with Gasteiger partial charge >= 0.3 is 0 Å². The smallest absolute Gasteiger partial charge is 0.271 e. The number of nitrogens with one attached hydrogen (secondary N) is 1. The average Bonchev–Trinajstić information content (AvgIpc) is 3.18. The van der Waals surface area contributed by atoms with Gasteiger partial charge in [0.1, 0.15) is 11.5 Å². The second kappa shape index (κ2) is 7.45. The maximum absolute atomic E-state index is 13.9. The Kier molecular flexibility index (Phi) is 4.69. The van der Waals surface area contributed by atoms with Crippen molar-refractivity contribution in [3.05, 3.63) is 66.5 Å². The summed E-state index contributed by atoms with van der Waals surface area (Å²) in [6, 6.07) is 10.0. The number of anilines is 1. The van der Waals surface area contributed by atoms with Gasteiger partial charge in [-0.1, -0.05) is 12.1 Å². The van der Waals surface area contributed by atoms with Crippen molar-refractivity contribution in [2.75, 3.05) is 18.0 Å². The molecule has 0 saturated carbocycles. The molecule has 1 aliphatic rings. The Morgan fingerprint density at radius 3 is 2.78 bits per heavy atom. The topological polar surface area (TPSA) is 83.9 Å². The molecule has 1 aliphatic heterocycles. The van der Waals surface area contributed by atoms with Gasteiger partial charge in [0.2, 0.25) is 0 Å². The number of hydrogen-bond donors (Lipinski definition) is 1. The SMILES string of the molecule is O=C(N[C@@H]1CCN(c2ccc(-c3ccccc3F)nn2)C1)c1cnccn1. The van der Waals surface area contributed by atoms with Crippen LogP contribution in [0.4, 0.5) is 10.2 Å². The predicted molar refractivity (Wildman–Crippen MR) is 97.5 cm³/mol. The molecule has 0 spiro atoms. The Morgan fingerprint density at radius 2 is 2.04 bits per heavy atom. The maximum atomic E-state index is 13.9. The predicted octanol–water partition coefficient (Wildman–Crippen LogP) is 2.08. The average molecular weight is 364 g/mol. The first-order chi connectivity index (χ1) is 13.2. The number of benzene rings is 1. The van der Waals surface area contributed by atoms with Crippen LogP contribution < -0.4 is 10.2 Å². The number of aromatic nitrogens is 4. The summed E-state index contributed by atoms with van der Waals surface area (Å²) in [5, 5.41) is 11.3. The van der Waals surface area contributed by atoms with Crippen LogP contribution in [-0.4, -0.2) is 45.2 Å². The number of hydrogen-bond acceptors (Lipinski definition) is 6. The van der Waals surface area contributed by atoms with E-state index in [-0.39, 0.29) is 17.8 Å². The molecular formula is C19H17FN6O. The highest BCUT2D eigenvalue weighted by Gasteiger charge is 2.26. The number of carbonyl (C=O) groups excluding carboxylic acids is 1. The molecule has 1 saturated heterocycles. The van der Waals surface area contributed by atoms with Crippen molar-refractivity contribution < 1.29 is 9.18 Å². The van der Waals surface area contributed by atoms with Crippen molar-refractivity contribution >= 4 is 11.7 Å². The zero-order chi connectivity index (χ0) is 18.6. The van der Waals surface area contributed by atoms with E-state index < -0.39 is 0 Å². The van der Waals surface area contributed by atoms with E-state index in [9.17, 15) is 9.18 Å². The van der Waals surface area contributed by atoms with Crippen molar-refractivity contribution in [1.82, 2.24) is 25.5 Å². The molecule has 1 amide bonds. The van der Waals surface area contributed by atoms with Gasteiger partial charge in [0, 0.05) is 37.1 Å². The van der Waals surface area contributed by atoms with Crippen LogP contribution in [0.2, 0.25) is 0 Å². The monoisotopic (exact) mass is 364 g/mol. The summed E-state index contributed by atoms with van der Waals surface area (Å²) in [5.41, 5.74) is 1.21. The first-order valence-corrected chi connectivity index (χ1v) is 8.61. The molecule has 1 aromatic carbocycles.